The molecule has 0 atom stereocenters. The molecule has 1 aliphatic carbocycles. The molecule has 2 fully saturated rings. The molecule has 1 aliphatic heterocycles. The maximum absolute atomic E-state index is 16.3. The van der Waals surface area contributed by atoms with Crippen molar-refractivity contribution in [1.29, 1.82) is 10.5 Å². The van der Waals surface area contributed by atoms with Gasteiger partial charge in [-0.1, -0.05) is 32.9 Å². The fourth-order valence-corrected chi connectivity index (χ4v) is 7.25. The number of benzene rings is 2. The molecule has 14 heteroatoms. The first-order valence-corrected chi connectivity index (χ1v) is 17.7. The Morgan fingerprint density at radius 3 is 2.23 bits per heavy atom. The van der Waals surface area contributed by atoms with Crippen molar-refractivity contribution in [1.82, 2.24) is 24.5 Å². The number of carboxylic acid groups (broad SMARTS) is 1. The van der Waals surface area contributed by atoms with Gasteiger partial charge in [-0.15, -0.1) is 5.10 Å². The van der Waals surface area contributed by atoms with Gasteiger partial charge in [-0.05, 0) is 71.3 Å². The van der Waals surface area contributed by atoms with E-state index < -0.39 is 29.0 Å². The highest BCUT2D eigenvalue weighted by molar-refractivity contribution is 5.93. The van der Waals surface area contributed by atoms with Gasteiger partial charge in [0.15, 0.2) is 23.0 Å². The largest absolute Gasteiger partial charge is 0.497 e. The summed E-state index contributed by atoms with van der Waals surface area (Å²) in [7, 11) is 3.66. The quantitative estimate of drug-likeness (QED) is 0.184. The summed E-state index contributed by atoms with van der Waals surface area (Å²) in [5.74, 6) is -0.346. The van der Waals surface area contributed by atoms with Crippen LogP contribution < -0.4 is 19.3 Å². The molecule has 2 aromatic carbocycles. The van der Waals surface area contributed by atoms with Gasteiger partial charge in [-0.25, -0.2) is 19.1 Å². The van der Waals surface area contributed by atoms with Crippen LogP contribution in [-0.2, 0) is 12.0 Å². The van der Waals surface area contributed by atoms with Crippen molar-refractivity contribution < 1.29 is 23.8 Å². The van der Waals surface area contributed by atoms with E-state index in [2.05, 4.69) is 56.9 Å². The average molecular weight is 724 g/mol. The second-order valence-corrected chi connectivity index (χ2v) is 16.2. The number of carbonyl (C=O) groups is 1. The van der Waals surface area contributed by atoms with Crippen LogP contribution >= 0.6 is 0 Å². The van der Waals surface area contributed by atoms with E-state index in [4.69, 9.17) is 19.4 Å². The third-order valence-electron chi connectivity index (χ3n) is 10.4. The smallest absolute Gasteiger partial charge is 0.419 e. The van der Waals surface area contributed by atoms with Gasteiger partial charge in [-0.3, -0.25) is 4.90 Å². The normalized spacial score (nSPS) is 17.2. The number of rotatable bonds is 9. The lowest BCUT2D eigenvalue weighted by Crippen LogP contribution is -2.60. The van der Waals surface area contributed by atoms with Crippen LogP contribution in [0.25, 0.3) is 5.65 Å². The van der Waals surface area contributed by atoms with Crippen molar-refractivity contribution in [2.75, 3.05) is 24.0 Å². The van der Waals surface area contributed by atoms with E-state index in [1.807, 2.05) is 49.9 Å². The van der Waals surface area contributed by atoms with E-state index in [-0.39, 0.29) is 45.9 Å². The molecule has 0 unspecified atom stereocenters. The number of ether oxygens (including phenoxy) is 2. The monoisotopic (exact) mass is 723 g/mol. The molecule has 2 aromatic heterocycles. The Bertz CT molecular complexity index is 2120. The fourth-order valence-electron chi connectivity index (χ4n) is 7.25. The molecule has 3 heterocycles. The molecule has 2 aliphatic rings. The topological polar surface area (TPSA) is 156 Å². The Kier molecular flexibility index (Phi) is 9.50. The van der Waals surface area contributed by atoms with Gasteiger partial charge in [0.05, 0.1) is 24.1 Å². The molecule has 53 heavy (non-hydrogen) atoms. The number of aromatic nitrogens is 4. The van der Waals surface area contributed by atoms with Gasteiger partial charge in [-0.2, -0.15) is 20.0 Å². The molecule has 0 spiro atoms. The molecule has 1 saturated heterocycles. The van der Waals surface area contributed by atoms with Crippen molar-refractivity contribution in [3.05, 3.63) is 64.7 Å². The van der Waals surface area contributed by atoms with E-state index in [0.717, 1.165) is 30.5 Å². The summed E-state index contributed by atoms with van der Waals surface area (Å²) >= 11 is 0. The first kappa shape index (κ1) is 37.3. The van der Waals surface area contributed by atoms with Crippen LogP contribution in [-0.4, -0.2) is 73.1 Å². The van der Waals surface area contributed by atoms with E-state index in [1.165, 1.54) is 4.52 Å². The zero-order valence-electron chi connectivity index (χ0n) is 31.7. The van der Waals surface area contributed by atoms with Gasteiger partial charge < -0.3 is 19.5 Å². The molecule has 1 N–H and O–H groups in total. The SMILES string of the molecule is COc1ccc(CN(c2nc(N(C(=O)O)c3cc(C#N)c(OC4CC(C)(C)N(C)C(C)(C)C4)cc3F)nn3c(C#N)c(C(C)(C)C)nc23)C2CC2)cc1. The summed E-state index contributed by atoms with van der Waals surface area (Å²) < 4.78 is 29.2. The average Bonchev–Trinajstić information content (AvgIpc) is 3.85. The summed E-state index contributed by atoms with van der Waals surface area (Å²) in [5, 5.41) is 35.8. The van der Waals surface area contributed by atoms with Crippen LogP contribution in [0.4, 0.5) is 26.6 Å². The summed E-state index contributed by atoms with van der Waals surface area (Å²) in [6.45, 7) is 14.6. The van der Waals surface area contributed by atoms with Crippen LogP contribution in [0.3, 0.4) is 0 Å². The van der Waals surface area contributed by atoms with Gasteiger partial charge in [0.25, 0.3) is 5.95 Å². The molecule has 1 amide bonds. The van der Waals surface area contributed by atoms with Crippen molar-refractivity contribution in [2.24, 2.45) is 0 Å². The highest BCUT2D eigenvalue weighted by Gasteiger charge is 2.44. The van der Waals surface area contributed by atoms with Gasteiger partial charge in [0, 0.05) is 48.0 Å². The van der Waals surface area contributed by atoms with Gasteiger partial charge >= 0.3 is 6.09 Å². The minimum Gasteiger partial charge on any atom is -0.497 e. The number of halogens is 1. The number of imidazole rings is 1. The number of hydrogen-bond acceptors (Lipinski definition) is 10. The van der Waals surface area contributed by atoms with Crippen molar-refractivity contribution in [3.63, 3.8) is 0 Å². The number of anilines is 3. The molecule has 6 rings (SSSR count). The number of methoxy groups -OCH3 is 1. The van der Waals surface area contributed by atoms with Crippen molar-refractivity contribution in [2.45, 2.75) is 109 Å². The molecule has 4 aromatic rings. The number of piperidine rings is 1. The third-order valence-corrected chi connectivity index (χ3v) is 10.4. The Morgan fingerprint density at radius 2 is 1.70 bits per heavy atom. The molecule has 278 valence electrons. The van der Waals surface area contributed by atoms with Crippen molar-refractivity contribution >= 4 is 29.2 Å². The maximum atomic E-state index is 16.3. The zero-order valence-corrected chi connectivity index (χ0v) is 31.7. The number of likely N-dealkylation sites (tertiary alicyclic amines) is 1. The number of fused-ring (bicyclic) bond motifs is 1. The molecular formula is C39H46FN9O4. The Labute approximate surface area is 309 Å². The highest BCUT2D eigenvalue weighted by Crippen LogP contribution is 2.41. The summed E-state index contributed by atoms with van der Waals surface area (Å²) in [6.07, 6.45) is 1.07. The minimum atomic E-state index is -1.59. The summed E-state index contributed by atoms with van der Waals surface area (Å²) in [6, 6.07) is 14.1. The van der Waals surface area contributed by atoms with Gasteiger partial charge in [0.2, 0.25) is 0 Å². The predicted molar refractivity (Wildman–Crippen MR) is 197 cm³/mol. The number of nitrogens with zero attached hydrogens (tertiary/aromatic N) is 9. The number of hydrogen-bond donors (Lipinski definition) is 1. The highest BCUT2D eigenvalue weighted by atomic mass is 19.1. The Hall–Kier alpha value is -5.47. The predicted octanol–water partition coefficient (Wildman–Crippen LogP) is 7.33. The van der Waals surface area contributed by atoms with Crippen molar-refractivity contribution in [3.8, 4) is 23.6 Å². The van der Waals surface area contributed by atoms with Crippen LogP contribution in [0.2, 0.25) is 0 Å². The molecule has 0 radical (unpaired) electrons. The first-order chi connectivity index (χ1) is 24.9. The van der Waals surface area contributed by atoms with Crippen LogP contribution in [0.1, 0.15) is 96.7 Å². The van der Waals surface area contributed by atoms with Gasteiger partial charge in [0.1, 0.15) is 29.7 Å². The standard InChI is InChI=1S/C39H46FN9O4/c1-37(2,3)32-30(21-42)49-34(43-32)33(47(25-12-13-25)22-23-10-14-26(52-9)15-11-23)44-35(45-49)48(36(50)51)29-16-24(20-41)31(17-28(29)40)53-27-18-38(4,5)46(8)39(6,7)19-27/h10-11,14-17,25,27H,12-13,18-19,22H2,1-9H3,(H,50,51). The number of amides is 1. The molecular weight excluding hydrogens is 677 g/mol. The lowest BCUT2D eigenvalue weighted by atomic mass is 9.78. The second-order valence-electron chi connectivity index (χ2n) is 16.2. The Balaban J connectivity index is 1.48. The lowest BCUT2D eigenvalue weighted by Gasteiger charge is -2.53. The first-order valence-electron chi connectivity index (χ1n) is 17.7. The van der Waals surface area contributed by atoms with Crippen LogP contribution in [0.5, 0.6) is 11.5 Å². The summed E-state index contributed by atoms with van der Waals surface area (Å²) in [4.78, 5) is 27.6. The molecule has 0 bridgehead atoms. The number of nitriles is 2. The second kappa shape index (κ2) is 13.5. The fraction of sp³-hybridized carbons (Fsp3) is 0.487. The molecule has 13 nitrogen and oxygen atoms in total. The summed E-state index contributed by atoms with van der Waals surface area (Å²) in [5.41, 5.74) is 0.230. The van der Waals surface area contributed by atoms with E-state index in [1.54, 1.807) is 7.11 Å². The van der Waals surface area contributed by atoms with Crippen LogP contribution in [0.15, 0.2) is 36.4 Å². The van der Waals surface area contributed by atoms with E-state index >= 15 is 4.39 Å². The van der Waals surface area contributed by atoms with Crippen LogP contribution in [0, 0.1) is 28.5 Å². The Morgan fingerprint density at radius 1 is 1.06 bits per heavy atom. The zero-order chi connectivity index (χ0) is 38.6. The lowest BCUT2D eigenvalue weighted by molar-refractivity contribution is -0.0557. The van der Waals surface area contributed by atoms with E-state index in [0.29, 0.717) is 41.5 Å². The minimum absolute atomic E-state index is 0.0212. The molecule has 1 saturated carbocycles. The maximum Gasteiger partial charge on any atom is 0.419 e. The third kappa shape index (κ3) is 7.16. The van der Waals surface area contributed by atoms with E-state index in [9.17, 15) is 20.4 Å².